The largest absolute Gasteiger partial charge is 0.573 e. The lowest BCUT2D eigenvalue weighted by Gasteiger charge is -2.21. The van der Waals surface area contributed by atoms with Crippen LogP contribution in [0, 0.1) is 0 Å². The molecule has 1 aliphatic rings. The Morgan fingerprint density at radius 1 is 1.27 bits per heavy atom. The molecule has 0 radical (unpaired) electrons. The number of hydrogen-bond donors (Lipinski definition) is 2. The molecule has 1 fully saturated rings. The van der Waals surface area contributed by atoms with Gasteiger partial charge in [-0.1, -0.05) is 0 Å². The number of rotatable bonds is 6. The van der Waals surface area contributed by atoms with Crippen LogP contribution in [-0.2, 0) is 19.6 Å². The molecule has 1 aromatic carbocycles. The molecule has 0 unspecified atom stereocenters. The highest BCUT2D eigenvalue weighted by Crippen LogP contribution is 2.24. The standard InChI is InChI=1S/C14H15F3N2O6S/c15-14(16,17)25-9-3-5-10(6-4-9)26(23,24)18-8-12(20)19-7-1-2-11(19)13(21)22/h3-6,11,18H,1-2,7-8H2,(H,21,22)/t11-/m0/s1. The summed E-state index contributed by atoms with van der Waals surface area (Å²) in [5.41, 5.74) is 0. The maximum absolute atomic E-state index is 12.1. The molecule has 0 saturated carbocycles. The maximum Gasteiger partial charge on any atom is 0.573 e. The molecule has 0 aromatic heterocycles. The summed E-state index contributed by atoms with van der Waals surface area (Å²) in [5, 5.41) is 9.02. The van der Waals surface area contributed by atoms with E-state index in [0.29, 0.717) is 6.42 Å². The molecule has 1 amide bonds. The Morgan fingerprint density at radius 3 is 2.42 bits per heavy atom. The van der Waals surface area contributed by atoms with Crippen molar-refractivity contribution in [2.75, 3.05) is 13.1 Å². The number of carbonyl (C=O) groups excluding carboxylic acids is 1. The average Bonchev–Trinajstić information content (AvgIpc) is 3.01. The summed E-state index contributed by atoms with van der Waals surface area (Å²) < 4.78 is 66.1. The second-order valence-corrected chi connectivity index (χ2v) is 7.19. The Morgan fingerprint density at radius 2 is 1.88 bits per heavy atom. The van der Waals surface area contributed by atoms with Crippen LogP contribution in [-0.4, -0.2) is 55.8 Å². The van der Waals surface area contributed by atoms with E-state index in [1.54, 1.807) is 0 Å². The number of amides is 1. The molecule has 1 aliphatic heterocycles. The highest BCUT2D eigenvalue weighted by atomic mass is 32.2. The van der Waals surface area contributed by atoms with Crippen molar-refractivity contribution < 1.29 is 41.0 Å². The van der Waals surface area contributed by atoms with E-state index in [2.05, 4.69) is 4.74 Å². The van der Waals surface area contributed by atoms with Crippen molar-refractivity contribution in [2.45, 2.75) is 30.1 Å². The molecule has 12 heteroatoms. The van der Waals surface area contributed by atoms with Crippen molar-refractivity contribution in [1.29, 1.82) is 0 Å². The van der Waals surface area contributed by atoms with Crippen LogP contribution in [0.3, 0.4) is 0 Å². The Hall–Kier alpha value is -2.34. The monoisotopic (exact) mass is 396 g/mol. The number of nitrogens with zero attached hydrogens (tertiary/aromatic N) is 1. The van der Waals surface area contributed by atoms with Gasteiger partial charge in [0.25, 0.3) is 0 Å². The fraction of sp³-hybridized carbons (Fsp3) is 0.429. The minimum atomic E-state index is -4.90. The number of carboxylic acids is 1. The van der Waals surface area contributed by atoms with Crippen LogP contribution in [0.5, 0.6) is 5.75 Å². The van der Waals surface area contributed by atoms with Crippen LogP contribution in [0.15, 0.2) is 29.2 Å². The van der Waals surface area contributed by atoms with Gasteiger partial charge in [0.1, 0.15) is 11.8 Å². The first kappa shape index (κ1) is 20.0. The van der Waals surface area contributed by atoms with Gasteiger partial charge in [0.05, 0.1) is 11.4 Å². The quantitative estimate of drug-likeness (QED) is 0.740. The predicted octanol–water partition coefficient (Wildman–Crippen LogP) is 0.939. The molecule has 144 valence electrons. The second kappa shape index (κ2) is 7.50. The summed E-state index contributed by atoms with van der Waals surface area (Å²) in [5.74, 6) is -2.46. The fourth-order valence-electron chi connectivity index (χ4n) is 2.48. The van der Waals surface area contributed by atoms with Crippen LogP contribution < -0.4 is 9.46 Å². The van der Waals surface area contributed by atoms with Gasteiger partial charge in [0.15, 0.2) is 0 Å². The third-order valence-electron chi connectivity index (χ3n) is 3.64. The minimum Gasteiger partial charge on any atom is -0.480 e. The van der Waals surface area contributed by atoms with Crippen molar-refractivity contribution in [3.8, 4) is 5.75 Å². The van der Waals surface area contributed by atoms with E-state index in [1.165, 1.54) is 0 Å². The summed E-state index contributed by atoms with van der Waals surface area (Å²) in [4.78, 5) is 23.8. The van der Waals surface area contributed by atoms with E-state index in [9.17, 15) is 31.2 Å². The molecule has 0 spiro atoms. The van der Waals surface area contributed by atoms with Crippen molar-refractivity contribution in [2.24, 2.45) is 0 Å². The lowest BCUT2D eigenvalue weighted by Crippen LogP contribution is -2.45. The summed E-state index contributed by atoms with van der Waals surface area (Å²) >= 11 is 0. The number of hydrogen-bond acceptors (Lipinski definition) is 5. The highest BCUT2D eigenvalue weighted by molar-refractivity contribution is 7.89. The zero-order valence-electron chi connectivity index (χ0n) is 13.2. The number of likely N-dealkylation sites (tertiary alicyclic amines) is 1. The highest BCUT2D eigenvalue weighted by Gasteiger charge is 2.34. The molecule has 1 atom stereocenters. The number of halogens is 3. The van der Waals surface area contributed by atoms with E-state index in [4.69, 9.17) is 5.11 Å². The molecule has 26 heavy (non-hydrogen) atoms. The van der Waals surface area contributed by atoms with E-state index < -0.39 is 46.6 Å². The molecular weight excluding hydrogens is 381 g/mol. The molecule has 0 bridgehead atoms. The van der Waals surface area contributed by atoms with Gasteiger partial charge in [0, 0.05) is 6.54 Å². The number of sulfonamides is 1. The van der Waals surface area contributed by atoms with E-state index in [-0.39, 0.29) is 17.9 Å². The Bertz CT molecular complexity index is 779. The van der Waals surface area contributed by atoms with Gasteiger partial charge in [-0.3, -0.25) is 4.79 Å². The van der Waals surface area contributed by atoms with Gasteiger partial charge < -0.3 is 14.7 Å². The third-order valence-corrected chi connectivity index (χ3v) is 5.06. The molecule has 1 aromatic rings. The smallest absolute Gasteiger partial charge is 0.480 e. The van der Waals surface area contributed by atoms with Gasteiger partial charge >= 0.3 is 12.3 Å². The molecule has 0 aliphatic carbocycles. The van der Waals surface area contributed by atoms with Crippen molar-refractivity contribution in [3.05, 3.63) is 24.3 Å². The average molecular weight is 396 g/mol. The summed E-state index contributed by atoms with van der Waals surface area (Å²) in [6, 6.07) is 2.44. The molecule has 2 rings (SSSR count). The molecule has 1 saturated heterocycles. The number of carbonyl (C=O) groups is 2. The topological polar surface area (TPSA) is 113 Å². The number of alkyl halides is 3. The van der Waals surface area contributed by atoms with Crippen molar-refractivity contribution in [3.63, 3.8) is 0 Å². The second-order valence-electron chi connectivity index (χ2n) is 5.43. The molecule has 1 heterocycles. The number of aliphatic carboxylic acids is 1. The fourth-order valence-corrected chi connectivity index (χ4v) is 3.46. The van der Waals surface area contributed by atoms with Gasteiger partial charge in [-0.05, 0) is 37.1 Å². The SMILES string of the molecule is O=C(O)[C@@H]1CCCN1C(=O)CNS(=O)(=O)c1ccc(OC(F)(F)F)cc1. The van der Waals surface area contributed by atoms with E-state index >= 15 is 0 Å². The number of ether oxygens (including phenoxy) is 1. The third kappa shape index (κ3) is 5.08. The molecule has 8 nitrogen and oxygen atoms in total. The summed E-state index contributed by atoms with van der Waals surface area (Å²) in [7, 11) is -4.16. The molecule has 2 N–H and O–H groups in total. The van der Waals surface area contributed by atoms with Gasteiger partial charge in [-0.15, -0.1) is 13.2 Å². The van der Waals surface area contributed by atoms with Crippen molar-refractivity contribution >= 4 is 21.9 Å². The first-order valence-electron chi connectivity index (χ1n) is 7.37. The number of carboxylic acid groups (broad SMARTS) is 1. The predicted molar refractivity (Wildman–Crippen MR) is 80.7 cm³/mol. The summed E-state index contributed by atoms with van der Waals surface area (Å²) in [6.45, 7) is -0.450. The lowest BCUT2D eigenvalue weighted by atomic mass is 10.2. The van der Waals surface area contributed by atoms with Gasteiger partial charge in [0.2, 0.25) is 15.9 Å². The maximum atomic E-state index is 12.1. The van der Waals surface area contributed by atoms with Crippen LogP contribution in [0.2, 0.25) is 0 Å². The van der Waals surface area contributed by atoms with Crippen LogP contribution in [0.4, 0.5) is 13.2 Å². The van der Waals surface area contributed by atoms with Crippen molar-refractivity contribution in [1.82, 2.24) is 9.62 Å². The van der Waals surface area contributed by atoms with Gasteiger partial charge in [-0.2, -0.15) is 0 Å². The van der Waals surface area contributed by atoms with Crippen LogP contribution in [0.1, 0.15) is 12.8 Å². The normalized spacial score (nSPS) is 18.0. The van der Waals surface area contributed by atoms with Crippen LogP contribution >= 0.6 is 0 Å². The summed E-state index contributed by atoms with van der Waals surface area (Å²) in [6.07, 6.45) is -4.12. The van der Waals surface area contributed by atoms with Gasteiger partial charge in [-0.25, -0.2) is 17.9 Å². The number of nitrogens with one attached hydrogen (secondary N) is 1. The zero-order valence-corrected chi connectivity index (χ0v) is 14.0. The van der Waals surface area contributed by atoms with E-state index in [1.807, 2.05) is 4.72 Å². The first-order valence-corrected chi connectivity index (χ1v) is 8.86. The molecular formula is C14H15F3N2O6S. The van der Waals surface area contributed by atoms with Crippen LogP contribution in [0.25, 0.3) is 0 Å². The van der Waals surface area contributed by atoms with E-state index in [0.717, 1.165) is 29.2 Å². The Labute approximate surface area is 146 Å². The zero-order chi connectivity index (χ0) is 19.5. The Kier molecular flexibility index (Phi) is 5.76. The minimum absolute atomic E-state index is 0.209. The Balaban J connectivity index is 2.00. The lowest BCUT2D eigenvalue weighted by molar-refractivity contribution is -0.274. The first-order chi connectivity index (χ1) is 12.0. The number of benzene rings is 1.